The first kappa shape index (κ1) is 27.6. The van der Waals surface area contributed by atoms with E-state index in [2.05, 4.69) is 11.8 Å². The van der Waals surface area contributed by atoms with Gasteiger partial charge in [-0.25, -0.2) is 8.78 Å². The van der Waals surface area contributed by atoms with Crippen LogP contribution >= 0.6 is 23.4 Å². The molecular formula is C31H36ClF2NO3S. The van der Waals surface area contributed by atoms with Crippen molar-refractivity contribution < 1.29 is 23.5 Å². The largest absolute Gasteiger partial charge is 0.390 e. The van der Waals surface area contributed by atoms with Gasteiger partial charge < -0.3 is 5.11 Å². The molecule has 39 heavy (non-hydrogen) atoms. The smallest absolute Gasteiger partial charge is 0.178 e. The molecule has 0 amide bonds. The molecule has 4 fully saturated rings. The second-order valence-electron chi connectivity index (χ2n) is 12.9. The number of allylic oxidation sites excluding steroid dienone is 4. The molecule has 0 radical (unpaired) electrons. The second kappa shape index (κ2) is 9.23. The lowest BCUT2D eigenvalue weighted by Gasteiger charge is -2.63. The molecule has 0 bridgehead atoms. The van der Waals surface area contributed by atoms with Crippen LogP contribution in [0, 0.1) is 34.0 Å². The van der Waals surface area contributed by atoms with Gasteiger partial charge in [-0.1, -0.05) is 36.7 Å². The number of Topliss-reactive ketones (excluding diaryl/α,β-unsaturated/α-hetero) is 1. The SMILES string of the molecule is CSCC(=O)[C@@]12CN(Cc3cccc(Cl)c3)C[C@@H]1C[C@H]1[C@@H]3C[C@H](F)C4=CC(=O)C=C[C@]4(C)[C@@]3(F)[C@@H](O)C[C@@]12C. The first-order valence-electron chi connectivity index (χ1n) is 13.9. The lowest BCUT2D eigenvalue weighted by Crippen LogP contribution is -2.69. The summed E-state index contributed by atoms with van der Waals surface area (Å²) in [7, 11) is 0. The van der Waals surface area contributed by atoms with E-state index in [1.807, 2.05) is 30.5 Å². The number of alkyl halides is 2. The van der Waals surface area contributed by atoms with E-state index in [9.17, 15) is 14.7 Å². The molecule has 8 heteroatoms. The van der Waals surface area contributed by atoms with E-state index >= 15 is 8.78 Å². The van der Waals surface area contributed by atoms with Crippen LogP contribution in [0.1, 0.15) is 38.7 Å². The Morgan fingerprint density at radius 1 is 1.26 bits per heavy atom. The summed E-state index contributed by atoms with van der Waals surface area (Å²) in [5.74, 6) is -0.858. The third kappa shape index (κ3) is 3.61. The Kier molecular flexibility index (Phi) is 6.54. The topological polar surface area (TPSA) is 57.6 Å². The summed E-state index contributed by atoms with van der Waals surface area (Å²) in [6.45, 7) is 5.57. The number of rotatable bonds is 5. The Bertz CT molecular complexity index is 1290. The summed E-state index contributed by atoms with van der Waals surface area (Å²) < 4.78 is 33.4. The zero-order valence-corrected chi connectivity index (χ0v) is 24.2. The van der Waals surface area contributed by atoms with Crippen LogP contribution in [0.5, 0.6) is 0 Å². The van der Waals surface area contributed by atoms with Gasteiger partial charge in [-0.2, -0.15) is 11.8 Å². The Labute approximate surface area is 238 Å². The molecule has 210 valence electrons. The summed E-state index contributed by atoms with van der Waals surface area (Å²) in [6.07, 6.45) is 3.75. The van der Waals surface area contributed by atoms with E-state index in [4.69, 9.17) is 11.6 Å². The number of fused-ring (bicyclic) bond motifs is 7. The predicted molar refractivity (Wildman–Crippen MR) is 150 cm³/mol. The Hall–Kier alpha value is -1.54. The zero-order valence-electron chi connectivity index (χ0n) is 22.6. The predicted octanol–water partition coefficient (Wildman–Crippen LogP) is 5.62. The van der Waals surface area contributed by atoms with Crippen molar-refractivity contribution in [2.45, 2.75) is 57.6 Å². The molecule has 0 aromatic heterocycles. The maximum Gasteiger partial charge on any atom is 0.178 e. The van der Waals surface area contributed by atoms with E-state index in [0.717, 1.165) is 5.56 Å². The summed E-state index contributed by atoms with van der Waals surface area (Å²) in [6, 6.07) is 7.73. The van der Waals surface area contributed by atoms with E-state index in [1.165, 1.54) is 30.0 Å². The summed E-state index contributed by atoms with van der Waals surface area (Å²) >= 11 is 7.73. The van der Waals surface area contributed by atoms with E-state index in [1.54, 1.807) is 6.92 Å². The van der Waals surface area contributed by atoms with Gasteiger partial charge >= 0.3 is 0 Å². The molecule has 4 aliphatic carbocycles. The van der Waals surface area contributed by atoms with Gasteiger partial charge in [0, 0.05) is 36.0 Å². The molecule has 1 saturated heterocycles. The standard InChI is InChI=1S/C31H36ClF2NO3S/c1-28-8-7-21(36)11-24(28)25(33)12-23-22-10-19-15-35(14-18-5-4-6-20(32)9-18)17-30(19,27(38)16-39-3)29(22,2)13-26(37)31(23,28)34/h4-9,11,19,22-23,25-26,37H,10,12-17H2,1-3H3/t19-,22-,23-,25-,26-,28-,29-,30+,31-/m0/s1. The fraction of sp³-hybridized carbons (Fsp3) is 0.613. The summed E-state index contributed by atoms with van der Waals surface area (Å²) in [5, 5.41) is 12.4. The molecule has 1 aliphatic heterocycles. The molecule has 1 N–H and O–H groups in total. The number of ketones is 2. The first-order chi connectivity index (χ1) is 18.4. The third-order valence-corrected chi connectivity index (χ3v) is 12.1. The monoisotopic (exact) mass is 575 g/mol. The number of hydrogen-bond donors (Lipinski definition) is 1. The number of aliphatic hydroxyl groups is 1. The fourth-order valence-electron chi connectivity index (χ4n) is 9.65. The van der Waals surface area contributed by atoms with Gasteiger partial charge in [-0.3, -0.25) is 14.5 Å². The third-order valence-electron chi connectivity index (χ3n) is 11.3. The number of halogens is 3. The van der Waals surface area contributed by atoms with Crippen LogP contribution in [0.3, 0.4) is 0 Å². The average Bonchev–Trinajstić information content (AvgIpc) is 3.35. The fourth-order valence-corrected chi connectivity index (χ4v) is 10.4. The van der Waals surface area contributed by atoms with E-state index in [0.29, 0.717) is 36.8 Å². The minimum atomic E-state index is -2.12. The van der Waals surface area contributed by atoms with Crippen LogP contribution in [-0.2, 0) is 16.1 Å². The van der Waals surface area contributed by atoms with Crippen LogP contribution in [0.15, 0.2) is 48.1 Å². The van der Waals surface area contributed by atoms with Crippen LogP contribution in [-0.4, -0.2) is 64.6 Å². The van der Waals surface area contributed by atoms with Crippen LogP contribution in [0.4, 0.5) is 8.78 Å². The number of carbonyl (C=O) groups excluding carboxylic acids is 2. The lowest BCUT2D eigenvalue weighted by molar-refractivity contribution is -0.211. The molecule has 9 atom stereocenters. The molecule has 5 aliphatic rings. The van der Waals surface area contributed by atoms with Gasteiger partial charge in [-0.15, -0.1) is 0 Å². The van der Waals surface area contributed by atoms with Crippen molar-refractivity contribution in [3.8, 4) is 0 Å². The van der Waals surface area contributed by atoms with Gasteiger partial charge in [0.2, 0.25) is 0 Å². The Morgan fingerprint density at radius 2 is 2.03 bits per heavy atom. The number of hydrogen-bond acceptors (Lipinski definition) is 5. The number of benzene rings is 1. The van der Waals surface area contributed by atoms with Crippen molar-refractivity contribution >= 4 is 34.9 Å². The zero-order chi connectivity index (χ0) is 28.0. The molecular weight excluding hydrogens is 540 g/mol. The molecule has 0 spiro atoms. The maximum absolute atomic E-state index is 17.6. The van der Waals surface area contributed by atoms with Crippen LogP contribution in [0.2, 0.25) is 5.02 Å². The molecule has 0 unspecified atom stereocenters. The normalized spacial score (nSPS) is 44.8. The minimum absolute atomic E-state index is 0.00725. The van der Waals surface area contributed by atoms with Crippen molar-refractivity contribution in [1.82, 2.24) is 4.90 Å². The van der Waals surface area contributed by atoms with Gasteiger partial charge in [0.15, 0.2) is 17.2 Å². The maximum atomic E-state index is 17.6. The minimum Gasteiger partial charge on any atom is -0.390 e. The number of likely N-dealkylation sites (tertiary alicyclic amines) is 1. The van der Waals surface area contributed by atoms with Crippen molar-refractivity contribution in [2.75, 3.05) is 25.1 Å². The van der Waals surface area contributed by atoms with Gasteiger partial charge in [0.1, 0.15) is 6.17 Å². The Morgan fingerprint density at radius 3 is 2.74 bits per heavy atom. The number of nitrogens with zero attached hydrogens (tertiary/aromatic N) is 1. The quantitative estimate of drug-likeness (QED) is 0.494. The Balaban J connectivity index is 1.40. The summed E-state index contributed by atoms with van der Waals surface area (Å²) in [5.41, 5.74) is -3.75. The number of thioether (sulfide) groups is 1. The molecule has 1 aromatic rings. The second-order valence-corrected chi connectivity index (χ2v) is 14.2. The highest BCUT2D eigenvalue weighted by atomic mass is 35.5. The highest BCUT2D eigenvalue weighted by molar-refractivity contribution is 7.99. The van der Waals surface area contributed by atoms with Gasteiger partial charge in [-0.05, 0) is 85.1 Å². The van der Waals surface area contributed by atoms with Gasteiger partial charge in [0.25, 0.3) is 0 Å². The van der Waals surface area contributed by atoms with Crippen molar-refractivity contribution in [3.05, 3.63) is 58.7 Å². The van der Waals surface area contributed by atoms with E-state index < -0.39 is 40.1 Å². The highest BCUT2D eigenvalue weighted by Gasteiger charge is 2.78. The molecule has 3 saturated carbocycles. The van der Waals surface area contributed by atoms with Crippen molar-refractivity contribution in [3.63, 3.8) is 0 Å². The average molecular weight is 576 g/mol. The molecule has 4 nitrogen and oxygen atoms in total. The van der Waals surface area contributed by atoms with Gasteiger partial charge in [0.05, 0.1) is 17.3 Å². The van der Waals surface area contributed by atoms with Crippen LogP contribution < -0.4 is 0 Å². The molecule has 1 heterocycles. The first-order valence-corrected chi connectivity index (χ1v) is 15.6. The highest BCUT2D eigenvalue weighted by Crippen LogP contribution is 2.74. The van der Waals surface area contributed by atoms with Crippen LogP contribution in [0.25, 0.3) is 0 Å². The van der Waals surface area contributed by atoms with E-state index in [-0.39, 0.29) is 41.8 Å². The summed E-state index contributed by atoms with van der Waals surface area (Å²) in [4.78, 5) is 28.5. The molecule has 1 aromatic carbocycles. The number of carbonyl (C=O) groups is 2. The lowest BCUT2D eigenvalue weighted by atomic mass is 9.43. The number of aliphatic hydroxyl groups excluding tert-OH is 1. The van der Waals surface area contributed by atoms with Crippen molar-refractivity contribution in [2.24, 2.45) is 34.0 Å². The molecule has 6 rings (SSSR count). The van der Waals surface area contributed by atoms with Crippen molar-refractivity contribution in [1.29, 1.82) is 0 Å².